The van der Waals surface area contributed by atoms with Gasteiger partial charge in [0.15, 0.2) is 0 Å². The van der Waals surface area contributed by atoms with Crippen molar-refractivity contribution in [2.24, 2.45) is 0 Å². The lowest BCUT2D eigenvalue weighted by atomic mass is 9.69. The average molecular weight is 526 g/mol. The zero-order chi connectivity index (χ0) is 28.4. The molecule has 3 aromatic carbocycles. The standard InChI is InChI=1S/C20H16BFO3.3BFH2O2/c22-21(24)25-19(23)20(16-10-4-1-5-11-16,17-12-6-2-7-13-17)18-14-8-3-9-15-18;3*2-1(3)4/h1-15,24H;3*3-4H. The molecule has 0 amide bonds. The Hall–Kier alpha value is -3.17. The highest BCUT2D eigenvalue weighted by Crippen LogP contribution is 2.40. The smallest absolute Gasteiger partial charge is 0.480 e. The first-order chi connectivity index (χ1) is 17.3. The second-order valence-corrected chi connectivity index (χ2v) is 6.48. The molecule has 0 aliphatic carbocycles. The summed E-state index contributed by atoms with van der Waals surface area (Å²) in [7, 11) is -10.7. The number of hydrogen-bond donors (Lipinski definition) is 7. The van der Waals surface area contributed by atoms with E-state index in [1.165, 1.54) is 0 Å². The van der Waals surface area contributed by atoms with Gasteiger partial charge in [0, 0.05) is 0 Å². The van der Waals surface area contributed by atoms with Crippen molar-refractivity contribution in [3.63, 3.8) is 0 Å². The van der Waals surface area contributed by atoms with Crippen LogP contribution in [0.5, 0.6) is 0 Å². The fourth-order valence-electron chi connectivity index (χ4n) is 3.09. The van der Waals surface area contributed by atoms with Gasteiger partial charge in [0.05, 0.1) is 0 Å². The van der Waals surface area contributed by atoms with E-state index in [4.69, 9.17) is 35.2 Å². The minimum absolute atomic E-state index is 0.623. The number of benzene rings is 3. The number of halogens is 4. The summed E-state index contributed by atoms with van der Waals surface area (Å²) in [6, 6.07) is 27.0. The summed E-state index contributed by atoms with van der Waals surface area (Å²) in [6.07, 6.45) is 0. The van der Waals surface area contributed by atoms with E-state index in [1.807, 2.05) is 18.2 Å². The van der Waals surface area contributed by atoms with Gasteiger partial charge in [-0.25, -0.2) is 4.32 Å². The van der Waals surface area contributed by atoms with Crippen LogP contribution in [0.3, 0.4) is 0 Å². The summed E-state index contributed by atoms with van der Waals surface area (Å²) in [5, 5.41) is 50.7. The van der Waals surface area contributed by atoms with Crippen molar-refractivity contribution in [3.05, 3.63) is 108 Å². The largest absolute Gasteiger partial charge is 0.753 e. The lowest BCUT2D eigenvalue weighted by molar-refractivity contribution is -0.140. The Labute approximate surface area is 211 Å². The van der Waals surface area contributed by atoms with Crippen LogP contribution in [0, 0.1) is 0 Å². The van der Waals surface area contributed by atoms with E-state index in [9.17, 15) is 22.1 Å². The van der Waals surface area contributed by atoms with Crippen molar-refractivity contribution >= 4 is 35.6 Å². The van der Waals surface area contributed by atoms with Gasteiger partial charge in [0.25, 0.3) is 0 Å². The van der Waals surface area contributed by atoms with Crippen molar-refractivity contribution in [3.8, 4) is 0 Å². The van der Waals surface area contributed by atoms with E-state index in [1.54, 1.807) is 72.8 Å². The Balaban J connectivity index is 0.000000908. The Morgan fingerprint density at radius 1 is 0.541 bits per heavy atom. The van der Waals surface area contributed by atoms with Crippen LogP contribution in [0.15, 0.2) is 91.0 Å². The quantitative estimate of drug-likeness (QED) is 0.141. The fourth-order valence-corrected chi connectivity index (χ4v) is 3.09. The molecule has 0 saturated heterocycles. The average Bonchev–Trinajstić information content (AvgIpc) is 2.80. The minimum Gasteiger partial charge on any atom is -0.480 e. The predicted molar refractivity (Wildman–Crippen MR) is 128 cm³/mol. The number of carbonyl (C=O) groups excluding carboxylic acids is 1. The molecule has 0 unspecified atom stereocenters. The van der Waals surface area contributed by atoms with E-state index >= 15 is 0 Å². The number of carbonyl (C=O) groups is 1. The van der Waals surface area contributed by atoms with Crippen LogP contribution in [-0.2, 0) is 14.9 Å². The molecule has 0 atom stereocenters. The predicted octanol–water partition coefficient (Wildman–Crippen LogP) is 0.287. The van der Waals surface area contributed by atoms with E-state index in [0.29, 0.717) is 16.7 Å². The second-order valence-electron chi connectivity index (χ2n) is 6.48. The van der Waals surface area contributed by atoms with Gasteiger partial charge in [0.2, 0.25) is 0 Å². The number of rotatable bonds is 5. The third-order valence-electron chi connectivity index (χ3n) is 4.13. The van der Waals surface area contributed by atoms with Crippen LogP contribution in [-0.4, -0.2) is 70.7 Å². The molecular formula is C20H22B4F4O9. The summed E-state index contributed by atoms with van der Waals surface area (Å²) < 4.78 is 48.1. The molecule has 0 spiro atoms. The molecule has 0 saturated carbocycles. The van der Waals surface area contributed by atoms with Gasteiger partial charge in [-0.1, -0.05) is 91.0 Å². The highest BCUT2D eigenvalue weighted by Gasteiger charge is 2.46. The minimum atomic E-state index is -2.69. The van der Waals surface area contributed by atoms with Crippen LogP contribution < -0.4 is 0 Å². The normalized spacial score (nSPS) is 9.59. The first kappa shape index (κ1) is 33.8. The zero-order valence-corrected chi connectivity index (χ0v) is 18.9. The Morgan fingerprint density at radius 3 is 0.946 bits per heavy atom. The van der Waals surface area contributed by atoms with Gasteiger partial charge in [-0.2, -0.15) is 0 Å². The lowest BCUT2D eigenvalue weighted by Gasteiger charge is -2.33. The van der Waals surface area contributed by atoms with Gasteiger partial charge in [-0.05, 0) is 16.7 Å². The summed E-state index contributed by atoms with van der Waals surface area (Å²) in [4.78, 5) is 13.1. The highest BCUT2D eigenvalue weighted by molar-refractivity contribution is 6.37. The second kappa shape index (κ2) is 18.1. The lowest BCUT2D eigenvalue weighted by Crippen LogP contribution is -2.42. The van der Waals surface area contributed by atoms with Crippen molar-refractivity contribution in [2.75, 3.05) is 0 Å². The molecule has 0 heterocycles. The van der Waals surface area contributed by atoms with Gasteiger partial charge in [-0.3, -0.25) is 17.7 Å². The molecule has 37 heavy (non-hydrogen) atoms. The van der Waals surface area contributed by atoms with E-state index in [2.05, 4.69) is 4.65 Å². The molecule has 196 valence electrons. The van der Waals surface area contributed by atoms with Gasteiger partial charge >= 0.3 is 35.6 Å². The highest BCUT2D eigenvalue weighted by atomic mass is 19.1. The molecule has 0 fully saturated rings. The Morgan fingerprint density at radius 2 is 0.757 bits per heavy atom. The maximum atomic E-state index is 13.1. The third-order valence-corrected chi connectivity index (χ3v) is 4.13. The summed E-state index contributed by atoms with van der Waals surface area (Å²) in [5.74, 6) is -0.883. The number of hydrogen-bond acceptors (Lipinski definition) is 9. The summed E-state index contributed by atoms with van der Waals surface area (Å²) in [6.45, 7) is 0. The Kier molecular flexibility index (Phi) is 16.6. The van der Waals surface area contributed by atoms with Crippen LogP contribution in [0.4, 0.5) is 17.3 Å². The zero-order valence-electron chi connectivity index (χ0n) is 18.9. The van der Waals surface area contributed by atoms with Crippen LogP contribution >= 0.6 is 0 Å². The molecule has 9 nitrogen and oxygen atoms in total. The molecule has 0 bridgehead atoms. The van der Waals surface area contributed by atoms with Gasteiger partial charge in [0.1, 0.15) is 5.41 Å². The van der Waals surface area contributed by atoms with Gasteiger partial charge in [-0.15, -0.1) is 0 Å². The molecule has 0 aromatic heterocycles. The molecule has 0 aliphatic heterocycles. The monoisotopic (exact) mass is 526 g/mol. The molecule has 0 radical (unpaired) electrons. The van der Waals surface area contributed by atoms with Crippen molar-refractivity contribution in [1.29, 1.82) is 0 Å². The van der Waals surface area contributed by atoms with E-state index in [-0.39, 0.29) is 0 Å². The van der Waals surface area contributed by atoms with Crippen LogP contribution in [0.1, 0.15) is 16.7 Å². The maximum Gasteiger partial charge on any atom is 0.753 e. The molecule has 3 rings (SSSR count). The molecular weight excluding hydrogens is 503 g/mol. The maximum absolute atomic E-state index is 13.1. The van der Waals surface area contributed by atoms with Crippen molar-refractivity contribution < 1.29 is 61.9 Å². The SMILES string of the molecule is O=C(OB(O)F)C(c1ccccc1)(c1ccccc1)c1ccccc1.OB(O)F.OB(O)F.OB(O)F. The first-order valence-corrected chi connectivity index (χ1v) is 10.1. The molecule has 7 N–H and O–H groups in total. The topological polar surface area (TPSA) is 168 Å². The van der Waals surface area contributed by atoms with Crippen molar-refractivity contribution in [2.45, 2.75) is 5.41 Å². The van der Waals surface area contributed by atoms with Gasteiger partial charge < -0.3 is 39.8 Å². The fraction of sp³-hybridized carbons (Fsp3) is 0.0500. The van der Waals surface area contributed by atoms with Crippen LogP contribution in [0.25, 0.3) is 0 Å². The van der Waals surface area contributed by atoms with Crippen LogP contribution in [0.2, 0.25) is 0 Å². The summed E-state index contributed by atoms with van der Waals surface area (Å²) in [5.41, 5.74) is 0.478. The van der Waals surface area contributed by atoms with E-state index in [0.717, 1.165) is 0 Å². The molecule has 17 heteroatoms. The first-order valence-electron chi connectivity index (χ1n) is 10.1. The Bertz CT molecular complexity index is 874. The summed E-state index contributed by atoms with van der Waals surface area (Å²) >= 11 is 0. The van der Waals surface area contributed by atoms with Crippen molar-refractivity contribution in [1.82, 2.24) is 0 Å². The third kappa shape index (κ3) is 13.1. The van der Waals surface area contributed by atoms with E-state index < -0.39 is 41.0 Å². The molecule has 0 aliphatic rings. The molecule has 3 aromatic rings.